The van der Waals surface area contributed by atoms with Crippen molar-refractivity contribution in [2.75, 3.05) is 19.1 Å². The predicted molar refractivity (Wildman–Crippen MR) is 120 cm³/mol. The third kappa shape index (κ3) is 7.67. The molecule has 1 fully saturated rings. The Labute approximate surface area is 183 Å². The highest BCUT2D eigenvalue weighted by molar-refractivity contribution is 7.98. The molecule has 2 unspecified atom stereocenters. The molecule has 0 radical (unpaired) electrons. The Bertz CT molecular complexity index is 690. The van der Waals surface area contributed by atoms with Gasteiger partial charge in [-0.05, 0) is 55.6 Å². The predicted octanol–water partition coefficient (Wildman–Crippen LogP) is 2.95. The highest BCUT2D eigenvalue weighted by Crippen LogP contribution is 2.28. The summed E-state index contributed by atoms with van der Waals surface area (Å²) in [4.78, 5) is 38.0. The molecule has 1 aliphatic rings. The molecule has 1 aromatic carbocycles. The van der Waals surface area contributed by atoms with Gasteiger partial charge in [0, 0.05) is 12.3 Å². The van der Waals surface area contributed by atoms with Crippen molar-refractivity contribution in [3.8, 4) is 0 Å². The number of nitrogens with one attached hydrogen (secondary N) is 2. The second-order valence-electron chi connectivity index (χ2n) is 8.07. The number of benzene rings is 1. The molecule has 2 atom stereocenters. The summed E-state index contributed by atoms with van der Waals surface area (Å²) in [7, 11) is 1.31. The van der Waals surface area contributed by atoms with E-state index < -0.39 is 18.1 Å². The largest absolute Gasteiger partial charge is 0.467 e. The van der Waals surface area contributed by atoms with Crippen molar-refractivity contribution < 1.29 is 19.1 Å². The molecular formula is C23H34N2O4S. The van der Waals surface area contributed by atoms with Crippen molar-refractivity contribution in [3.63, 3.8) is 0 Å². The average Bonchev–Trinajstić information content (AvgIpc) is 2.76. The first-order valence-corrected chi connectivity index (χ1v) is 12.0. The molecule has 0 spiro atoms. The van der Waals surface area contributed by atoms with E-state index in [0.29, 0.717) is 18.8 Å². The summed E-state index contributed by atoms with van der Waals surface area (Å²) in [6, 6.07) is 8.13. The van der Waals surface area contributed by atoms with E-state index >= 15 is 0 Å². The highest BCUT2D eigenvalue weighted by Gasteiger charge is 2.30. The lowest BCUT2D eigenvalue weighted by Crippen LogP contribution is -2.53. The van der Waals surface area contributed by atoms with Crippen LogP contribution in [0.3, 0.4) is 0 Å². The van der Waals surface area contributed by atoms with Gasteiger partial charge in [-0.25, -0.2) is 4.79 Å². The van der Waals surface area contributed by atoms with Gasteiger partial charge in [-0.3, -0.25) is 9.59 Å². The van der Waals surface area contributed by atoms with Crippen LogP contribution in [0.1, 0.15) is 44.6 Å². The van der Waals surface area contributed by atoms with Crippen LogP contribution in [0, 0.1) is 11.8 Å². The summed E-state index contributed by atoms with van der Waals surface area (Å²) >= 11 is 1.60. The molecule has 2 amide bonds. The fourth-order valence-electron chi connectivity index (χ4n) is 3.77. The Balaban J connectivity index is 2.09. The Morgan fingerprint density at radius 2 is 1.73 bits per heavy atom. The molecule has 1 aromatic rings. The highest BCUT2D eigenvalue weighted by atomic mass is 32.2. The van der Waals surface area contributed by atoms with Gasteiger partial charge >= 0.3 is 5.97 Å². The second kappa shape index (κ2) is 12.6. The number of esters is 1. The molecule has 2 rings (SSSR count). The van der Waals surface area contributed by atoms with Gasteiger partial charge in [0.05, 0.1) is 7.11 Å². The summed E-state index contributed by atoms with van der Waals surface area (Å²) in [6.45, 7) is 2.21. The number of carbonyl (C=O) groups excluding carboxylic acids is 3. The normalized spacial score (nSPS) is 20.6. The molecule has 0 bridgehead atoms. The minimum absolute atomic E-state index is 0.0554. The van der Waals surface area contributed by atoms with Crippen molar-refractivity contribution in [2.45, 2.75) is 57.5 Å². The van der Waals surface area contributed by atoms with Crippen molar-refractivity contribution >= 4 is 29.5 Å². The van der Waals surface area contributed by atoms with Gasteiger partial charge in [0.25, 0.3) is 0 Å². The first-order valence-electron chi connectivity index (χ1n) is 10.7. The molecule has 6 nitrogen and oxygen atoms in total. The van der Waals surface area contributed by atoms with Gasteiger partial charge in [-0.15, -0.1) is 0 Å². The minimum atomic E-state index is -0.735. The molecule has 1 saturated carbocycles. The number of methoxy groups -OCH3 is 1. The van der Waals surface area contributed by atoms with E-state index in [9.17, 15) is 14.4 Å². The first-order chi connectivity index (χ1) is 14.4. The molecule has 1 aliphatic carbocycles. The molecule has 166 valence electrons. The van der Waals surface area contributed by atoms with E-state index in [1.807, 2.05) is 36.6 Å². The maximum atomic E-state index is 13.1. The molecular weight excluding hydrogens is 400 g/mol. The molecule has 7 heteroatoms. The first kappa shape index (κ1) is 24.3. The van der Waals surface area contributed by atoms with E-state index in [1.165, 1.54) is 7.11 Å². The molecule has 0 heterocycles. The number of ether oxygens (including phenoxy) is 1. The van der Waals surface area contributed by atoms with Crippen LogP contribution in [0.4, 0.5) is 0 Å². The summed E-state index contributed by atoms with van der Waals surface area (Å²) in [5.74, 6) is 0.415. The number of rotatable bonds is 10. The Kier molecular flexibility index (Phi) is 10.2. The Morgan fingerprint density at radius 3 is 2.33 bits per heavy atom. The van der Waals surface area contributed by atoms with Crippen LogP contribution in [-0.2, 0) is 25.5 Å². The van der Waals surface area contributed by atoms with Crippen LogP contribution in [0.5, 0.6) is 0 Å². The number of carbonyl (C=O) groups is 3. The van der Waals surface area contributed by atoms with Crippen LogP contribution in [0.25, 0.3) is 0 Å². The fraction of sp³-hybridized carbons (Fsp3) is 0.609. The number of hydrogen-bond acceptors (Lipinski definition) is 5. The van der Waals surface area contributed by atoms with Gasteiger partial charge in [0.15, 0.2) is 0 Å². The third-order valence-corrected chi connectivity index (χ3v) is 6.36. The van der Waals surface area contributed by atoms with E-state index in [2.05, 4.69) is 17.6 Å². The van der Waals surface area contributed by atoms with Crippen LogP contribution in [0.15, 0.2) is 30.3 Å². The van der Waals surface area contributed by atoms with E-state index in [4.69, 9.17) is 4.74 Å². The standard InChI is InChI=1S/C23H34N2O4S/c1-16-9-11-18(12-10-16)21(26)25-20(15-17-7-5-4-6-8-17)22(27)24-19(13-14-30-3)23(28)29-2/h4-8,16,18-20H,9-15H2,1-3H3,(H,24,27)(H,25,26). The summed E-state index contributed by atoms with van der Waals surface area (Å²) < 4.78 is 4.84. The van der Waals surface area contributed by atoms with Crippen LogP contribution >= 0.6 is 11.8 Å². The Hall–Kier alpha value is -2.02. The molecule has 0 saturated heterocycles. The minimum Gasteiger partial charge on any atom is -0.467 e. The Morgan fingerprint density at radius 1 is 1.07 bits per heavy atom. The zero-order valence-electron chi connectivity index (χ0n) is 18.2. The van der Waals surface area contributed by atoms with E-state index in [0.717, 1.165) is 37.0 Å². The van der Waals surface area contributed by atoms with Crippen molar-refractivity contribution in [3.05, 3.63) is 35.9 Å². The molecule has 0 aliphatic heterocycles. The van der Waals surface area contributed by atoms with E-state index in [1.54, 1.807) is 11.8 Å². The smallest absolute Gasteiger partial charge is 0.328 e. The molecule has 30 heavy (non-hydrogen) atoms. The number of hydrogen-bond donors (Lipinski definition) is 2. The van der Waals surface area contributed by atoms with Gasteiger partial charge < -0.3 is 15.4 Å². The maximum absolute atomic E-state index is 13.1. The zero-order chi connectivity index (χ0) is 21.9. The molecule has 0 aromatic heterocycles. The second-order valence-corrected chi connectivity index (χ2v) is 9.06. The monoisotopic (exact) mass is 434 g/mol. The topological polar surface area (TPSA) is 84.5 Å². The lowest BCUT2D eigenvalue weighted by atomic mass is 9.82. The lowest BCUT2D eigenvalue weighted by Gasteiger charge is -2.28. The lowest BCUT2D eigenvalue weighted by molar-refractivity contribution is -0.145. The van der Waals surface area contributed by atoms with Crippen molar-refractivity contribution in [1.29, 1.82) is 0 Å². The summed E-state index contributed by atoms with van der Waals surface area (Å²) in [5, 5.41) is 5.76. The fourth-order valence-corrected chi connectivity index (χ4v) is 4.24. The van der Waals surface area contributed by atoms with Gasteiger partial charge in [0.1, 0.15) is 12.1 Å². The van der Waals surface area contributed by atoms with Crippen LogP contribution in [-0.4, -0.2) is 49.0 Å². The summed E-state index contributed by atoms with van der Waals surface area (Å²) in [5.41, 5.74) is 0.953. The maximum Gasteiger partial charge on any atom is 0.328 e. The van der Waals surface area contributed by atoms with Gasteiger partial charge in [0.2, 0.25) is 11.8 Å². The molecule has 2 N–H and O–H groups in total. The van der Waals surface area contributed by atoms with Crippen LogP contribution in [0.2, 0.25) is 0 Å². The quantitative estimate of drug-likeness (QED) is 0.553. The van der Waals surface area contributed by atoms with Gasteiger partial charge in [-0.2, -0.15) is 11.8 Å². The average molecular weight is 435 g/mol. The van der Waals surface area contributed by atoms with Crippen molar-refractivity contribution in [2.24, 2.45) is 11.8 Å². The van der Waals surface area contributed by atoms with Gasteiger partial charge in [-0.1, -0.05) is 37.3 Å². The van der Waals surface area contributed by atoms with E-state index in [-0.39, 0.29) is 17.7 Å². The zero-order valence-corrected chi connectivity index (χ0v) is 19.0. The van der Waals surface area contributed by atoms with Crippen molar-refractivity contribution in [1.82, 2.24) is 10.6 Å². The third-order valence-electron chi connectivity index (χ3n) is 5.72. The summed E-state index contributed by atoms with van der Waals surface area (Å²) in [6.07, 6.45) is 6.57. The number of thioether (sulfide) groups is 1. The number of amides is 2. The SMILES string of the molecule is COC(=O)C(CCSC)NC(=O)C(Cc1ccccc1)NC(=O)C1CCC(C)CC1. The van der Waals surface area contributed by atoms with Crippen LogP contribution < -0.4 is 10.6 Å².